The molecule has 0 bridgehead atoms. The fraction of sp³-hybridized carbons (Fsp3) is 0.545. The molecular formula is C22H32N4O2. The summed E-state index contributed by atoms with van der Waals surface area (Å²) >= 11 is 0. The van der Waals surface area contributed by atoms with Gasteiger partial charge in [-0.3, -0.25) is 4.99 Å². The molecule has 2 unspecified atom stereocenters. The second-order valence-corrected chi connectivity index (χ2v) is 7.78. The van der Waals surface area contributed by atoms with Gasteiger partial charge in [0, 0.05) is 32.2 Å². The van der Waals surface area contributed by atoms with E-state index in [0.29, 0.717) is 18.4 Å². The number of aromatic nitrogens is 1. The topological polar surface area (TPSA) is 71.7 Å². The van der Waals surface area contributed by atoms with Gasteiger partial charge >= 0.3 is 0 Å². The molecule has 1 fully saturated rings. The summed E-state index contributed by atoms with van der Waals surface area (Å²) in [6, 6.07) is 10.7. The number of aliphatic imine (C=N–C) groups is 1. The van der Waals surface area contributed by atoms with Crippen LogP contribution in [0.15, 0.2) is 39.8 Å². The molecule has 1 aliphatic rings. The Balaban J connectivity index is 1.54. The number of rotatable bonds is 6. The van der Waals surface area contributed by atoms with Crippen molar-refractivity contribution in [3.05, 3.63) is 52.9 Å². The minimum Gasteiger partial charge on any atom is -0.373 e. The van der Waals surface area contributed by atoms with Crippen molar-refractivity contribution in [3.8, 4) is 0 Å². The molecule has 152 valence electrons. The molecule has 1 aromatic heterocycles. The summed E-state index contributed by atoms with van der Waals surface area (Å²) in [6.07, 6.45) is 2.36. The first-order valence-electron chi connectivity index (χ1n) is 10.1. The molecule has 2 atom stereocenters. The first-order chi connectivity index (χ1) is 13.6. The lowest BCUT2D eigenvalue weighted by Gasteiger charge is -2.32. The van der Waals surface area contributed by atoms with Crippen molar-refractivity contribution in [1.82, 2.24) is 15.8 Å². The predicted octanol–water partition coefficient (Wildman–Crippen LogP) is 3.94. The van der Waals surface area contributed by atoms with E-state index in [4.69, 9.17) is 9.26 Å². The first kappa shape index (κ1) is 20.4. The van der Waals surface area contributed by atoms with Crippen molar-refractivity contribution in [1.29, 1.82) is 0 Å². The predicted molar refractivity (Wildman–Crippen MR) is 111 cm³/mol. The van der Waals surface area contributed by atoms with Crippen molar-refractivity contribution < 1.29 is 9.26 Å². The van der Waals surface area contributed by atoms with Gasteiger partial charge in [0.2, 0.25) is 0 Å². The van der Waals surface area contributed by atoms with Crippen LogP contribution in [0, 0.1) is 12.8 Å². The van der Waals surface area contributed by atoms with Crippen molar-refractivity contribution in [3.63, 3.8) is 0 Å². The smallest absolute Gasteiger partial charge is 0.191 e. The normalized spacial score (nSPS) is 20.4. The zero-order valence-electron chi connectivity index (χ0n) is 17.4. The molecule has 0 spiro atoms. The Hall–Kier alpha value is -2.34. The van der Waals surface area contributed by atoms with Gasteiger partial charge in [0.25, 0.3) is 0 Å². The summed E-state index contributed by atoms with van der Waals surface area (Å²) in [7, 11) is 1.78. The summed E-state index contributed by atoms with van der Waals surface area (Å²) < 4.78 is 11.5. The lowest BCUT2D eigenvalue weighted by molar-refractivity contribution is -0.0265. The molecule has 1 aliphatic heterocycles. The number of ether oxygens (including phenoxy) is 1. The largest absolute Gasteiger partial charge is 0.373 e. The van der Waals surface area contributed by atoms with Gasteiger partial charge in [-0.25, -0.2) is 0 Å². The second kappa shape index (κ2) is 9.73. The van der Waals surface area contributed by atoms with Crippen molar-refractivity contribution in [2.24, 2.45) is 10.9 Å². The fourth-order valence-corrected chi connectivity index (χ4v) is 3.48. The van der Waals surface area contributed by atoms with E-state index in [1.807, 2.05) is 6.07 Å². The molecule has 2 N–H and O–H groups in total. The number of nitrogens with zero attached hydrogens (tertiary/aromatic N) is 2. The van der Waals surface area contributed by atoms with Gasteiger partial charge in [-0.15, -0.1) is 0 Å². The van der Waals surface area contributed by atoms with E-state index < -0.39 is 0 Å². The van der Waals surface area contributed by atoms with Crippen molar-refractivity contribution >= 4 is 5.96 Å². The van der Waals surface area contributed by atoms with E-state index in [2.05, 4.69) is 65.8 Å². The Labute approximate surface area is 167 Å². The minimum absolute atomic E-state index is 0.128. The van der Waals surface area contributed by atoms with Crippen LogP contribution < -0.4 is 10.6 Å². The Morgan fingerprint density at radius 3 is 2.71 bits per heavy atom. The SMILES string of the molecule is CN=C(NCc1cc(C(C)C)no1)NCC1CCCOC1c1ccc(C)cc1. The maximum atomic E-state index is 6.11. The highest BCUT2D eigenvalue weighted by atomic mass is 16.5. The molecule has 6 heteroatoms. The third-order valence-electron chi connectivity index (χ3n) is 5.20. The number of guanidine groups is 1. The zero-order valence-corrected chi connectivity index (χ0v) is 17.4. The number of benzene rings is 1. The lowest BCUT2D eigenvalue weighted by Crippen LogP contribution is -2.41. The molecule has 0 aliphatic carbocycles. The summed E-state index contributed by atoms with van der Waals surface area (Å²) in [5, 5.41) is 10.8. The highest BCUT2D eigenvalue weighted by Gasteiger charge is 2.27. The molecule has 0 amide bonds. The van der Waals surface area contributed by atoms with Crippen LogP contribution in [0.3, 0.4) is 0 Å². The standard InChI is InChI=1S/C22H32N4O2/c1-15(2)20-12-19(28-26-20)14-25-22(23-4)24-13-18-6-5-11-27-21(18)17-9-7-16(3)8-10-17/h7-10,12,15,18,21H,5-6,11,13-14H2,1-4H3,(H2,23,24,25). The molecule has 2 aromatic rings. The summed E-state index contributed by atoms with van der Waals surface area (Å²) in [6.45, 7) is 8.51. The van der Waals surface area contributed by atoms with Crippen LogP contribution in [0.1, 0.15) is 61.3 Å². The average molecular weight is 385 g/mol. The Bertz CT molecular complexity index is 767. The highest BCUT2D eigenvalue weighted by Crippen LogP contribution is 2.33. The monoisotopic (exact) mass is 384 g/mol. The van der Waals surface area contributed by atoms with Gasteiger partial charge in [-0.05, 0) is 31.2 Å². The second-order valence-electron chi connectivity index (χ2n) is 7.78. The Kier molecular flexibility index (Phi) is 7.09. The van der Waals surface area contributed by atoms with Crippen LogP contribution in [0.25, 0.3) is 0 Å². The third kappa shape index (κ3) is 5.35. The maximum Gasteiger partial charge on any atom is 0.191 e. The molecule has 1 saturated heterocycles. The number of hydrogen-bond donors (Lipinski definition) is 2. The van der Waals surface area contributed by atoms with Gasteiger partial charge in [-0.2, -0.15) is 0 Å². The molecule has 3 rings (SSSR count). The third-order valence-corrected chi connectivity index (χ3v) is 5.20. The summed E-state index contributed by atoms with van der Waals surface area (Å²) in [5.41, 5.74) is 3.50. The van der Waals surface area contributed by atoms with Crippen LogP contribution in [0.2, 0.25) is 0 Å². The van der Waals surface area contributed by atoms with Gasteiger partial charge in [-0.1, -0.05) is 48.8 Å². The zero-order chi connectivity index (χ0) is 19.9. The van der Waals surface area contributed by atoms with Crippen LogP contribution in [0.4, 0.5) is 0 Å². The maximum absolute atomic E-state index is 6.11. The average Bonchev–Trinajstić information content (AvgIpc) is 3.18. The van der Waals surface area contributed by atoms with Crippen molar-refractivity contribution in [2.45, 2.75) is 52.2 Å². The van der Waals surface area contributed by atoms with E-state index in [1.54, 1.807) is 7.05 Å². The molecule has 0 radical (unpaired) electrons. The molecular weight excluding hydrogens is 352 g/mol. The van der Waals surface area contributed by atoms with Gasteiger partial charge < -0.3 is 19.9 Å². The van der Waals surface area contributed by atoms with Gasteiger partial charge in [0.15, 0.2) is 11.7 Å². The van der Waals surface area contributed by atoms with Crippen LogP contribution in [-0.2, 0) is 11.3 Å². The molecule has 2 heterocycles. The van der Waals surface area contributed by atoms with E-state index in [-0.39, 0.29) is 6.10 Å². The number of hydrogen-bond acceptors (Lipinski definition) is 4. The van der Waals surface area contributed by atoms with Crippen LogP contribution in [0.5, 0.6) is 0 Å². The van der Waals surface area contributed by atoms with Crippen LogP contribution >= 0.6 is 0 Å². The fourth-order valence-electron chi connectivity index (χ4n) is 3.48. The Morgan fingerprint density at radius 2 is 2.04 bits per heavy atom. The van der Waals surface area contributed by atoms with Gasteiger partial charge in [0.1, 0.15) is 0 Å². The summed E-state index contributed by atoms with van der Waals surface area (Å²) in [4.78, 5) is 4.33. The molecule has 0 saturated carbocycles. The van der Waals surface area contributed by atoms with Gasteiger partial charge in [0.05, 0.1) is 18.3 Å². The first-order valence-corrected chi connectivity index (χ1v) is 10.1. The molecule has 6 nitrogen and oxygen atoms in total. The van der Waals surface area contributed by atoms with E-state index in [9.17, 15) is 0 Å². The van der Waals surface area contributed by atoms with E-state index in [1.165, 1.54) is 11.1 Å². The molecule has 28 heavy (non-hydrogen) atoms. The quantitative estimate of drug-likeness (QED) is 0.583. The highest BCUT2D eigenvalue weighted by molar-refractivity contribution is 5.79. The number of nitrogens with one attached hydrogen (secondary N) is 2. The van der Waals surface area contributed by atoms with Crippen molar-refractivity contribution in [2.75, 3.05) is 20.2 Å². The lowest BCUT2D eigenvalue weighted by atomic mass is 9.89. The minimum atomic E-state index is 0.128. The molecule has 1 aromatic carbocycles. The van der Waals surface area contributed by atoms with E-state index in [0.717, 1.165) is 43.4 Å². The van der Waals surface area contributed by atoms with Crippen LogP contribution in [-0.4, -0.2) is 31.3 Å². The summed E-state index contributed by atoms with van der Waals surface area (Å²) in [5.74, 6) is 2.34. The number of aryl methyl sites for hydroxylation is 1. The Morgan fingerprint density at radius 1 is 1.25 bits per heavy atom. The van der Waals surface area contributed by atoms with E-state index >= 15 is 0 Å².